The average molecular weight is 350 g/mol. The van der Waals surface area contributed by atoms with Gasteiger partial charge in [-0.3, -0.25) is 0 Å². The molecule has 2 heteroatoms. The van der Waals surface area contributed by atoms with Gasteiger partial charge < -0.3 is 11.5 Å². The van der Waals surface area contributed by atoms with Crippen molar-refractivity contribution in [3.63, 3.8) is 0 Å². The Morgan fingerprint density at radius 2 is 1.15 bits per heavy atom. The maximum absolute atomic E-state index is 6.26. The molecule has 0 aliphatic rings. The number of rotatable bonds is 3. The molecular weight excluding hydrogens is 328 g/mol. The molecule has 0 aromatic heterocycles. The minimum absolute atomic E-state index is 0.756. The second-order valence-corrected chi connectivity index (χ2v) is 6.74. The van der Waals surface area contributed by atoms with Crippen molar-refractivity contribution in [1.82, 2.24) is 0 Å². The van der Waals surface area contributed by atoms with E-state index in [-0.39, 0.29) is 0 Å². The van der Waals surface area contributed by atoms with Crippen LogP contribution in [0.2, 0.25) is 0 Å². The third kappa shape index (κ3) is 3.18. The van der Waals surface area contributed by atoms with Crippen LogP contribution in [-0.4, -0.2) is 0 Å². The summed E-state index contributed by atoms with van der Waals surface area (Å²) in [7, 11) is 0. The van der Waals surface area contributed by atoms with Crippen molar-refractivity contribution in [3.8, 4) is 33.4 Å². The third-order valence-corrected chi connectivity index (χ3v) is 4.99. The Morgan fingerprint density at radius 1 is 0.556 bits per heavy atom. The molecule has 0 saturated carbocycles. The van der Waals surface area contributed by atoms with Crippen LogP contribution in [0.15, 0.2) is 91.0 Å². The number of nitrogen functional groups attached to an aromatic ring is 2. The summed E-state index contributed by atoms with van der Waals surface area (Å²) >= 11 is 0. The molecule has 0 amide bonds. The Hall–Kier alpha value is -3.52. The smallest absolute Gasteiger partial charge is 0.0350 e. The molecule has 0 spiro atoms. The van der Waals surface area contributed by atoms with Gasteiger partial charge in [0.1, 0.15) is 0 Å². The molecule has 0 saturated heterocycles. The van der Waals surface area contributed by atoms with Crippen molar-refractivity contribution >= 4 is 11.4 Å². The molecule has 132 valence electrons. The van der Waals surface area contributed by atoms with Gasteiger partial charge in [-0.1, -0.05) is 72.8 Å². The summed E-state index contributed by atoms with van der Waals surface area (Å²) in [4.78, 5) is 0. The highest BCUT2D eigenvalue weighted by atomic mass is 14.6. The summed E-state index contributed by atoms with van der Waals surface area (Å²) in [6.07, 6.45) is 0. The van der Waals surface area contributed by atoms with Gasteiger partial charge in [0.15, 0.2) is 0 Å². The number of benzene rings is 4. The van der Waals surface area contributed by atoms with E-state index >= 15 is 0 Å². The van der Waals surface area contributed by atoms with Crippen molar-refractivity contribution in [2.24, 2.45) is 0 Å². The molecule has 0 fully saturated rings. The fourth-order valence-electron chi connectivity index (χ4n) is 3.58. The van der Waals surface area contributed by atoms with Gasteiger partial charge in [0, 0.05) is 11.4 Å². The zero-order valence-corrected chi connectivity index (χ0v) is 15.3. The van der Waals surface area contributed by atoms with Crippen molar-refractivity contribution in [3.05, 3.63) is 96.6 Å². The maximum Gasteiger partial charge on any atom is 0.0350 e. The van der Waals surface area contributed by atoms with Crippen LogP contribution in [-0.2, 0) is 0 Å². The van der Waals surface area contributed by atoms with Gasteiger partial charge in [0.25, 0.3) is 0 Å². The van der Waals surface area contributed by atoms with E-state index in [1.165, 1.54) is 0 Å². The monoisotopic (exact) mass is 350 g/mol. The highest BCUT2D eigenvalue weighted by molar-refractivity contribution is 5.95. The van der Waals surface area contributed by atoms with Gasteiger partial charge in [-0.25, -0.2) is 0 Å². The second-order valence-electron chi connectivity index (χ2n) is 6.74. The van der Waals surface area contributed by atoms with E-state index in [0.717, 1.165) is 50.3 Å². The number of hydrogen-bond acceptors (Lipinski definition) is 2. The normalized spacial score (nSPS) is 10.7. The van der Waals surface area contributed by atoms with Crippen LogP contribution in [0.25, 0.3) is 33.4 Å². The van der Waals surface area contributed by atoms with Crippen LogP contribution < -0.4 is 11.5 Å². The van der Waals surface area contributed by atoms with Gasteiger partial charge in [-0.2, -0.15) is 0 Å². The van der Waals surface area contributed by atoms with Gasteiger partial charge in [-0.05, 0) is 64.1 Å². The summed E-state index contributed by atoms with van der Waals surface area (Å²) in [5.41, 5.74) is 21.9. The minimum atomic E-state index is 0.756. The van der Waals surface area contributed by atoms with Crippen LogP contribution in [0, 0.1) is 6.92 Å². The van der Waals surface area contributed by atoms with Crippen LogP contribution >= 0.6 is 0 Å². The van der Waals surface area contributed by atoms with E-state index in [0.29, 0.717) is 0 Å². The zero-order chi connectivity index (χ0) is 18.8. The predicted octanol–water partition coefficient (Wildman–Crippen LogP) is 6.16. The van der Waals surface area contributed by atoms with E-state index in [1.807, 2.05) is 30.3 Å². The fourth-order valence-corrected chi connectivity index (χ4v) is 3.58. The number of anilines is 2. The lowest BCUT2D eigenvalue weighted by Crippen LogP contribution is -1.97. The van der Waals surface area contributed by atoms with E-state index in [4.69, 9.17) is 11.5 Å². The van der Waals surface area contributed by atoms with Crippen molar-refractivity contribution < 1.29 is 0 Å². The summed E-state index contributed by atoms with van der Waals surface area (Å²) < 4.78 is 0. The molecule has 2 nitrogen and oxygen atoms in total. The molecule has 0 unspecified atom stereocenters. The van der Waals surface area contributed by atoms with Crippen molar-refractivity contribution in [2.45, 2.75) is 6.92 Å². The molecule has 0 radical (unpaired) electrons. The fraction of sp³-hybridized carbons (Fsp3) is 0.0400. The highest BCUT2D eigenvalue weighted by Gasteiger charge is 2.16. The molecule has 4 rings (SSSR count). The molecule has 4 aromatic carbocycles. The Labute approximate surface area is 160 Å². The predicted molar refractivity (Wildman–Crippen MR) is 116 cm³/mol. The Balaban J connectivity index is 2.03. The first-order chi connectivity index (χ1) is 13.1. The average Bonchev–Trinajstić information content (AvgIpc) is 2.71. The van der Waals surface area contributed by atoms with E-state index in [1.54, 1.807) is 0 Å². The molecule has 0 atom stereocenters. The molecule has 27 heavy (non-hydrogen) atoms. The van der Waals surface area contributed by atoms with E-state index in [9.17, 15) is 0 Å². The second kappa shape index (κ2) is 7.00. The van der Waals surface area contributed by atoms with Gasteiger partial charge in [-0.15, -0.1) is 0 Å². The standard InChI is InChI=1S/C25H22N2/c1-17-24(27)15-14-22(25(17)19-10-6-3-7-11-19)21-13-12-20(26)16-23(21)18-8-4-2-5-9-18/h2-16H,26-27H2,1H3. The zero-order valence-electron chi connectivity index (χ0n) is 15.3. The Kier molecular flexibility index (Phi) is 4.39. The van der Waals surface area contributed by atoms with Crippen LogP contribution in [0.5, 0.6) is 0 Å². The lowest BCUT2D eigenvalue weighted by molar-refractivity contribution is 1.45. The van der Waals surface area contributed by atoms with Gasteiger partial charge in [0.05, 0.1) is 0 Å². The first-order valence-electron chi connectivity index (χ1n) is 9.05. The topological polar surface area (TPSA) is 52.0 Å². The summed E-state index contributed by atoms with van der Waals surface area (Å²) in [6.45, 7) is 2.08. The van der Waals surface area contributed by atoms with Crippen LogP contribution in [0.4, 0.5) is 11.4 Å². The van der Waals surface area contributed by atoms with E-state index in [2.05, 4.69) is 67.6 Å². The largest absolute Gasteiger partial charge is 0.399 e. The summed E-state index contributed by atoms with van der Waals surface area (Å²) in [5, 5.41) is 0. The first kappa shape index (κ1) is 16.9. The van der Waals surface area contributed by atoms with Crippen molar-refractivity contribution in [1.29, 1.82) is 0 Å². The molecule has 4 aromatic rings. The Bertz CT molecular complexity index is 1080. The molecule has 0 heterocycles. The summed E-state index contributed by atoms with van der Waals surface area (Å²) in [6, 6.07) is 31.0. The maximum atomic E-state index is 6.26. The van der Waals surface area contributed by atoms with E-state index < -0.39 is 0 Å². The lowest BCUT2D eigenvalue weighted by Gasteiger charge is -2.18. The van der Waals surface area contributed by atoms with Crippen LogP contribution in [0.1, 0.15) is 5.56 Å². The third-order valence-electron chi connectivity index (χ3n) is 4.99. The van der Waals surface area contributed by atoms with Crippen LogP contribution in [0.3, 0.4) is 0 Å². The highest BCUT2D eigenvalue weighted by Crippen LogP contribution is 2.41. The summed E-state index contributed by atoms with van der Waals surface area (Å²) in [5.74, 6) is 0. The molecule has 0 aliphatic carbocycles. The van der Waals surface area contributed by atoms with Crippen molar-refractivity contribution in [2.75, 3.05) is 11.5 Å². The quantitative estimate of drug-likeness (QED) is 0.435. The number of hydrogen-bond donors (Lipinski definition) is 2. The van der Waals surface area contributed by atoms with Gasteiger partial charge in [0.2, 0.25) is 0 Å². The lowest BCUT2D eigenvalue weighted by atomic mass is 9.86. The molecule has 0 bridgehead atoms. The molecule has 4 N–H and O–H groups in total. The molecule has 0 aliphatic heterocycles. The SMILES string of the molecule is Cc1c(N)ccc(-c2ccc(N)cc2-c2ccccc2)c1-c1ccccc1. The number of nitrogens with two attached hydrogens (primary N) is 2. The first-order valence-corrected chi connectivity index (χ1v) is 9.05. The van der Waals surface area contributed by atoms with Gasteiger partial charge >= 0.3 is 0 Å². The Morgan fingerprint density at radius 3 is 1.81 bits per heavy atom. The molecular formula is C25H22N2. The minimum Gasteiger partial charge on any atom is -0.399 e.